The summed E-state index contributed by atoms with van der Waals surface area (Å²) in [5.74, 6) is 1.74. The Morgan fingerprint density at radius 3 is 1.68 bits per heavy atom. The first kappa shape index (κ1) is 44.8. The van der Waals surface area contributed by atoms with Gasteiger partial charge in [-0.05, 0) is 145 Å². The number of hydrogen-bond donors (Lipinski definition) is 0. The summed E-state index contributed by atoms with van der Waals surface area (Å²) in [6.07, 6.45) is 11.4. The average Bonchev–Trinajstić information content (AvgIpc) is 4.28. The molecule has 0 fully saturated rings. The smallest absolute Gasteiger partial charge is 0.164 e. The number of rotatable bonds is 10. The van der Waals surface area contributed by atoms with Crippen molar-refractivity contribution >= 4 is 72.2 Å². The van der Waals surface area contributed by atoms with E-state index in [0.717, 1.165) is 94.9 Å². The molecule has 1 aliphatic rings. The summed E-state index contributed by atoms with van der Waals surface area (Å²) in [6, 6.07) is 70.3. The van der Waals surface area contributed by atoms with E-state index in [1.165, 1.54) is 39.1 Å². The lowest BCUT2D eigenvalue weighted by Crippen LogP contribution is -2.25. The molecule has 13 aromatic rings. The zero-order chi connectivity index (χ0) is 50.9. The second-order valence-corrected chi connectivity index (χ2v) is 19.5. The number of anilines is 2. The molecule has 76 heavy (non-hydrogen) atoms. The molecule has 0 saturated heterocycles. The highest BCUT2D eigenvalue weighted by molar-refractivity contribution is 6.10. The van der Waals surface area contributed by atoms with Crippen molar-refractivity contribution < 1.29 is 8.83 Å². The lowest BCUT2D eigenvalue weighted by atomic mass is 9.96. The molecule has 0 N–H and O–H groups in total. The molecule has 14 rings (SSSR count). The third-order valence-corrected chi connectivity index (χ3v) is 15.0. The van der Waals surface area contributed by atoms with Gasteiger partial charge in [0.2, 0.25) is 0 Å². The summed E-state index contributed by atoms with van der Waals surface area (Å²) in [6.45, 7) is 8.23. The van der Waals surface area contributed by atoms with Crippen molar-refractivity contribution in [1.29, 1.82) is 0 Å². The molecule has 1 unspecified atom stereocenters. The Kier molecular flexibility index (Phi) is 10.8. The molecule has 1 atom stereocenters. The summed E-state index contributed by atoms with van der Waals surface area (Å²) < 4.78 is 15.6. The monoisotopic (exact) mass is 979 g/mol. The average molecular weight is 980 g/mol. The van der Waals surface area contributed by atoms with Crippen LogP contribution in [0.1, 0.15) is 23.7 Å². The molecule has 9 aromatic carbocycles. The molecule has 0 amide bonds. The maximum Gasteiger partial charge on any atom is 0.164 e. The van der Waals surface area contributed by atoms with Crippen molar-refractivity contribution in [3.05, 3.63) is 248 Å². The third-order valence-electron chi connectivity index (χ3n) is 15.0. The second-order valence-electron chi connectivity index (χ2n) is 19.5. The minimum Gasteiger partial charge on any atom is -0.456 e. The van der Waals surface area contributed by atoms with Gasteiger partial charge in [0.1, 0.15) is 22.3 Å². The predicted octanol–water partition coefficient (Wildman–Crippen LogP) is 18.1. The summed E-state index contributed by atoms with van der Waals surface area (Å²) >= 11 is 0. The first-order valence-corrected chi connectivity index (χ1v) is 25.8. The summed E-state index contributed by atoms with van der Waals surface area (Å²) in [5.41, 5.74) is 18.8. The Labute approximate surface area is 439 Å². The minimum atomic E-state index is 0.167. The molecule has 5 heterocycles. The standard InChI is InChI=1S/C69H49N5O2/c1-4-6-21-51-42-57-53(26-16-28-60(57)74(51)50-24-14-9-15-25-50)45-30-34-55-58-38-47(32-36-62(58)75-64(55)40-45)68-70-67(44-19-10-7-11-20-44)71-69(72-68)48-33-37-63-59(39-48)56-35-31-46(41-65(56)76-63)54-27-17-29-61-66(54)52(18-5-2)43(3)73(61)49-22-12-8-13-23-49/h4-41,51H,1,42H2,2-3H3/b18-5-,21-6-. The van der Waals surface area contributed by atoms with Crippen LogP contribution in [0.3, 0.4) is 0 Å². The molecule has 7 nitrogen and oxygen atoms in total. The molecule has 0 aliphatic carbocycles. The highest BCUT2D eigenvalue weighted by Crippen LogP contribution is 2.45. The minimum absolute atomic E-state index is 0.167. The molecule has 1 aliphatic heterocycles. The summed E-state index contributed by atoms with van der Waals surface area (Å²) in [7, 11) is 0. The Bertz CT molecular complexity index is 4490. The normalized spacial score (nSPS) is 13.7. The van der Waals surface area contributed by atoms with Gasteiger partial charge in [0.15, 0.2) is 17.5 Å². The van der Waals surface area contributed by atoms with Gasteiger partial charge in [-0.3, -0.25) is 0 Å². The number of aromatic nitrogens is 4. The Hall–Kier alpha value is -9.85. The fourth-order valence-electron chi connectivity index (χ4n) is 11.6. The van der Waals surface area contributed by atoms with Crippen LogP contribution < -0.4 is 4.90 Å². The first-order chi connectivity index (χ1) is 37.5. The molecule has 0 radical (unpaired) electrons. The fraction of sp³-hybridized carbons (Fsp3) is 0.0580. The Balaban J connectivity index is 0.834. The van der Waals surface area contributed by atoms with E-state index in [-0.39, 0.29) is 6.04 Å². The highest BCUT2D eigenvalue weighted by Gasteiger charge is 2.31. The van der Waals surface area contributed by atoms with Crippen LogP contribution in [0.25, 0.3) is 123 Å². The lowest BCUT2D eigenvalue weighted by molar-refractivity contribution is 0.668. The van der Waals surface area contributed by atoms with Crippen LogP contribution in [0.5, 0.6) is 0 Å². The van der Waals surface area contributed by atoms with E-state index in [1.807, 2.05) is 66.7 Å². The highest BCUT2D eigenvalue weighted by atomic mass is 16.3. The molecule has 0 spiro atoms. The molecular weight excluding hydrogens is 931 g/mol. The van der Waals surface area contributed by atoms with Gasteiger partial charge in [0, 0.05) is 71.9 Å². The van der Waals surface area contributed by atoms with Crippen LogP contribution in [-0.2, 0) is 6.42 Å². The van der Waals surface area contributed by atoms with Gasteiger partial charge < -0.3 is 18.3 Å². The summed E-state index contributed by atoms with van der Waals surface area (Å²) in [5, 5.41) is 5.24. The van der Waals surface area contributed by atoms with Crippen molar-refractivity contribution in [3.8, 4) is 62.1 Å². The number of nitrogens with zero attached hydrogens (tertiary/aromatic N) is 5. The zero-order valence-electron chi connectivity index (χ0n) is 42.0. The van der Waals surface area contributed by atoms with Gasteiger partial charge in [-0.15, -0.1) is 0 Å². The molecular formula is C69H49N5O2. The van der Waals surface area contributed by atoms with Crippen molar-refractivity contribution in [2.45, 2.75) is 26.3 Å². The quantitative estimate of drug-likeness (QED) is 0.127. The van der Waals surface area contributed by atoms with Crippen LogP contribution in [0.2, 0.25) is 0 Å². The van der Waals surface area contributed by atoms with E-state index < -0.39 is 0 Å². The number of hydrogen-bond acceptors (Lipinski definition) is 6. The van der Waals surface area contributed by atoms with E-state index >= 15 is 0 Å². The van der Waals surface area contributed by atoms with E-state index in [1.54, 1.807) is 0 Å². The van der Waals surface area contributed by atoms with Gasteiger partial charge in [-0.1, -0.05) is 140 Å². The number of allylic oxidation sites excluding steroid dienone is 3. The summed E-state index contributed by atoms with van der Waals surface area (Å²) in [4.78, 5) is 17.9. The number of fused-ring (bicyclic) bond motifs is 8. The van der Waals surface area contributed by atoms with Crippen LogP contribution in [0.4, 0.5) is 11.4 Å². The Morgan fingerprint density at radius 1 is 0.513 bits per heavy atom. The first-order valence-electron chi connectivity index (χ1n) is 25.8. The van der Waals surface area contributed by atoms with Gasteiger partial charge in [-0.2, -0.15) is 0 Å². The SMILES string of the molecule is C=C/C=C\C1Cc2c(-c3ccc4c(c3)oc3ccc(-c5nc(-c6ccccc6)nc(-c6ccc7oc8cc(-c9cccc%10c9c(/C=C\C)c(C)n%10-c9ccccc9)ccc8c7c6)n5)cc34)cccc2N1c1ccccc1. The van der Waals surface area contributed by atoms with Gasteiger partial charge in [-0.25, -0.2) is 15.0 Å². The van der Waals surface area contributed by atoms with Gasteiger partial charge in [0.25, 0.3) is 0 Å². The number of benzene rings is 9. The Morgan fingerprint density at radius 2 is 1.07 bits per heavy atom. The lowest BCUT2D eigenvalue weighted by Gasteiger charge is -2.25. The van der Waals surface area contributed by atoms with E-state index in [9.17, 15) is 0 Å². The third kappa shape index (κ3) is 7.46. The van der Waals surface area contributed by atoms with E-state index in [4.69, 9.17) is 23.8 Å². The van der Waals surface area contributed by atoms with Crippen molar-refractivity contribution in [2.24, 2.45) is 0 Å². The number of para-hydroxylation sites is 2. The largest absolute Gasteiger partial charge is 0.456 e. The van der Waals surface area contributed by atoms with E-state index in [0.29, 0.717) is 17.5 Å². The number of furan rings is 2. The molecule has 0 bridgehead atoms. The molecule has 0 saturated carbocycles. The van der Waals surface area contributed by atoms with Gasteiger partial charge in [0.05, 0.1) is 11.6 Å². The fourth-order valence-corrected chi connectivity index (χ4v) is 11.6. The topological polar surface area (TPSA) is 73.1 Å². The maximum absolute atomic E-state index is 6.65. The molecule has 4 aromatic heterocycles. The second kappa shape index (κ2) is 18.3. The maximum atomic E-state index is 6.65. The van der Waals surface area contributed by atoms with Crippen LogP contribution in [0, 0.1) is 6.92 Å². The predicted molar refractivity (Wildman–Crippen MR) is 313 cm³/mol. The van der Waals surface area contributed by atoms with Crippen LogP contribution in [-0.4, -0.2) is 25.6 Å². The van der Waals surface area contributed by atoms with Crippen LogP contribution in [0.15, 0.2) is 240 Å². The molecule has 362 valence electrons. The van der Waals surface area contributed by atoms with E-state index in [2.05, 4.69) is 194 Å². The van der Waals surface area contributed by atoms with Gasteiger partial charge >= 0.3 is 0 Å². The van der Waals surface area contributed by atoms with Crippen LogP contribution >= 0.6 is 0 Å². The van der Waals surface area contributed by atoms with Crippen molar-refractivity contribution in [3.63, 3.8) is 0 Å². The van der Waals surface area contributed by atoms with Crippen molar-refractivity contribution in [2.75, 3.05) is 4.90 Å². The van der Waals surface area contributed by atoms with Crippen molar-refractivity contribution in [1.82, 2.24) is 19.5 Å². The zero-order valence-corrected chi connectivity index (χ0v) is 42.0. The molecule has 7 heteroatoms.